The first-order valence-electron chi connectivity index (χ1n) is 10.4. The van der Waals surface area contributed by atoms with Crippen LogP contribution in [0, 0.1) is 6.92 Å². The Morgan fingerprint density at radius 2 is 1.97 bits per heavy atom. The first-order valence-corrected chi connectivity index (χ1v) is 11.6. The lowest BCUT2D eigenvalue weighted by Gasteiger charge is -2.22. The zero-order chi connectivity index (χ0) is 20.2. The number of hydrogen-bond acceptors (Lipinski definition) is 4. The molecule has 0 radical (unpaired) electrons. The van der Waals surface area contributed by atoms with Crippen LogP contribution >= 0.6 is 22.9 Å². The Labute approximate surface area is 180 Å². The fourth-order valence-corrected chi connectivity index (χ4v) is 5.13. The van der Waals surface area contributed by atoms with Crippen LogP contribution in [0.1, 0.15) is 53.9 Å². The molecule has 0 spiro atoms. The lowest BCUT2D eigenvalue weighted by Crippen LogP contribution is -2.33. The van der Waals surface area contributed by atoms with Crippen LogP contribution in [-0.4, -0.2) is 34.8 Å². The van der Waals surface area contributed by atoms with Crippen molar-refractivity contribution in [3.8, 4) is 5.69 Å². The lowest BCUT2D eigenvalue weighted by molar-refractivity contribution is 0.0957. The minimum absolute atomic E-state index is 0.00841. The molecule has 1 saturated carbocycles. The molecule has 0 atom stereocenters. The van der Waals surface area contributed by atoms with Crippen LogP contribution in [-0.2, 0) is 0 Å². The van der Waals surface area contributed by atoms with E-state index in [0.717, 1.165) is 39.4 Å². The highest BCUT2D eigenvalue weighted by Crippen LogP contribution is 2.30. The Hall–Kier alpha value is -1.89. The maximum absolute atomic E-state index is 12.6. The number of aryl methyl sites for hydroxylation is 1. The molecule has 4 rings (SSSR count). The highest BCUT2D eigenvalue weighted by molar-refractivity contribution is 7.20. The van der Waals surface area contributed by atoms with Gasteiger partial charge in [-0.15, -0.1) is 11.3 Å². The molecule has 1 fully saturated rings. The Kier molecular flexibility index (Phi) is 6.53. The first-order chi connectivity index (χ1) is 14.1. The Morgan fingerprint density at radius 1 is 1.21 bits per heavy atom. The van der Waals surface area contributed by atoms with E-state index in [9.17, 15) is 4.79 Å². The molecule has 2 N–H and O–H groups in total. The van der Waals surface area contributed by atoms with Gasteiger partial charge in [-0.3, -0.25) is 4.79 Å². The maximum Gasteiger partial charge on any atom is 0.261 e. The van der Waals surface area contributed by atoms with E-state index in [2.05, 4.69) is 15.7 Å². The number of nitrogens with zero attached hydrogens (tertiary/aromatic N) is 2. The molecule has 0 bridgehead atoms. The molecule has 1 aliphatic carbocycles. The third-order valence-electron chi connectivity index (χ3n) is 5.52. The summed E-state index contributed by atoms with van der Waals surface area (Å²) in [6, 6.07) is 10.2. The topological polar surface area (TPSA) is 59.0 Å². The number of nitrogens with one attached hydrogen (secondary N) is 2. The fraction of sp³-hybridized carbons (Fsp3) is 0.455. The molecule has 0 aliphatic heterocycles. The van der Waals surface area contributed by atoms with Gasteiger partial charge in [0.2, 0.25) is 0 Å². The zero-order valence-electron chi connectivity index (χ0n) is 16.7. The van der Waals surface area contributed by atoms with Crippen molar-refractivity contribution < 1.29 is 4.79 Å². The van der Waals surface area contributed by atoms with Gasteiger partial charge >= 0.3 is 0 Å². The standard InChI is InChI=1S/C22H27ClN4OS/c1-15-19-14-20(21(28)25-13-5-12-24-17-6-3-2-4-7-17)29-22(19)27(26-15)18-10-8-16(23)9-11-18/h8-11,14,17,24H,2-7,12-13H2,1H3,(H,25,28). The number of carbonyl (C=O) groups excluding carboxylic acids is 1. The highest BCUT2D eigenvalue weighted by atomic mass is 35.5. The summed E-state index contributed by atoms with van der Waals surface area (Å²) in [6.45, 7) is 3.62. The SMILES string of the molecule is Cc1nn(-c2ccc(Cl)cc2)c2sc(C(=O)NCCCNC3CCCCC3)cc12. The van der Waals surface area contributed by atoms with E-state index in [1.165, 1.54) is 43.4 Å². The van der Waals surface area contributed by atoms with Gasteiger partial charge < -0.3 is 10.6 Å². The molecule has 29 heavy (non-hydrogen) atoms. The third-order valence-corrected chi connectivity index (χ3v) is 6.88. The van der Waals surface area contributed by atoms with Gasteiger partial charge in [0, 0.05) is 23.0 Å². The summed E-state index contributed by atoms with van der Waals surface area (Å²) in [5, 5.41) is 13.0. The molecule has 5 nitrogen and oxygen atoms in total. The Balaban J connectivity index is 1.35. The lowest BCUT2D eigenvalue weighted by atomic mass is 9.95. The molecule has 0 saturated heterocycles. The van der Waals surface area contributed by atoms with E-state index in [0.29, 0.717) is 17.6 Å². The molecule has 1 aromatic carbocycles. The van der Waals surface area contributed by atoms with Crippen LogP contribution < -0.4 is 10.6 Å². The molecule has 154 valence electrons. The van der Waals surface area contributed by atoms with Gasteiger partial charge in [0.1, 0.15) is 4.83 Å². The molecule has 0 unspecified atom stereocenters. The molecular weight excluding hydrogens is 404 g/mol. The number of rotatable bonds is 7. The second-order valence-electron chi connectivity index (χ2n) is 7.70. The average Bonchev–Trinajstić information content (AvgIpc) is 3.30. The smallest absolute Gasteiger partial charge is 0.261 e. The molecule has 1 aliphatic rings. The Bertz CT molecular complexity index is 973. The number of thiophene rings is 1. The molecule has 3 aromatic rings. The van der Waals surface area contributed by atoms with Crippen LogP contribution in [0.4, 0.5) is 0 Å². The van der Waals surface area contributed by atoms with E-state index >= 15 is 0 Å². The van der Waals surface area contributed by atoms with Crippen molar-refractivity contribution in [3.63, 3.8) is 0 Å². The van der Waals surface area contributed by atoms with Crippen molar-refractivity contribution in [2.75, 3.05) is 13.1 Å². The summed E-state index contributed by atoms with van der Waals surface area (Å²) >= 11 is 7.48. The highest BCUT2D eigenvalue weighted by Gasteiger charge is 2.17. The largest absolute Gasteiger partial charge is 0.351 e. The third kappa shape index (κ3) is 4.82. The summed E-state index contributed by atoms with van der Waals surface area (Å²) < 4.78 is 1.89. The van der Waals surface area contributed by atoms with Crippen molar-refractivity contribution in [1.29, 1.82) is 0 Å². The summed E-state index contributed by atoms with van der Waals surface area (Å²) in [5.74, 6) is -0.00841. The number of aromatic nitrogens is 2. The van der Waals surface area contributed by atoms with Crippen LogP contribution in [0.15, 0.2) is 30.3 Å². The van der Waals surface area contributed by atoms with Gasteiger partial charge in [0.05, 0.1) is 16.3 Å². The van der Waals surface area contributed by atoms with Gasteiger partial charge in [0.15, 0.2) is 0 Å². The van der Waals surface area contributed by atoms with Crippen LogP contribution in [0.2, 0.25) is 5.02 Å². The van der Waals surface area contributed by atoms with Crippen molar-refractivity contribution in [1.82, 2.24) is 20.4 Å². The van der Waals surface area contributed by atoms with E-state index in [4.69, 9.17) is 11.6 Å². The minimum Gasteiger partial charge on any atom is -0.351 e. The normalized spacial score (nSPS) is 15.1. The number of hydrogen-bond donors (Lipinski definition) is 2. The van der Waals surface area contributed by atoms with Crippen LogP contribution in [0.5, 0.6) is 0 Å². The Morgan fingerprint density at radius 3 is 2.72 bits per heavy atom. The summed E-state index contributed by atoms with van der Waals surface area (Å²) in [6.07, 6.45) is 7.58. The number of carbonyl (C=O) groups is 1. The van der Waals surface area contributed by atoms with E-state index in [1.807, 2.05) is 41.9 Å². The number of halogens is 1. The molecule has 1 amide bonds. The van der Waals surface area contributed by atoms with Crippen LogP contribution in [0.25, 0.3) is 15.9 Å². The quantitative estimate of drug-likeness (QED) is 0.513. The van der Waals surface area contributed by atoms with Gasteiger partial charge in [-0.05, 0) is 63.1 Å². The van der Waals surface area contributed by atoms with Crippen molar-refractivity contribution in [2.24, 2.45) is 0 Å². The predicted octanol–water partition coefficient (Wildman–Crippen LogP) is 5.09. The summed E-state index contributed by atoms with van der Waals surface area (Å²) in [4.78, 5) is 14.3. The monoisotopic (exact) mass is 430 g/mol. The van der Waals surface area contributed by atoms with Crippen molar-refractivity contribution >= 4 is 39.1 Å². The molecular formula is C22H27ClN4OS. The van der Waals surface area contributed by atoms with Crippen LogP contribution in [0.3, 0.4) is 0 Å². The molecule has 7 heteroatoms. The van der Waals surface area contributed by atoms with Gasteiger partial charge in [-0.25, -0.2) is 4.68 Å². The number of amides is 1. The number of benzene rings is 1. The van der Waals surface area contributed by atoms with Gasteiger partial charge in [0.25, 0.3) is 5.91 Å². The fourth-order valence-electron chi connectivity index (χ4n) is 3.91. The molecule has 2 heterocycles. The second-order valence-corrected chi connectivity index (χ2v) is 9.17. The second kappa shape index (κ2) is 9.28. The van der Waals surface area contributed by atoms with E-state index in [1.54, 1.807) is 0 Å². The average molecular weight is 431 g/mol. The van der Waals surface area contributed by atoms with Gasteiger partial charge in [-0.1, -0.05) is 30.9 Å². The predicted molar refractivity (Wildman–Crippen MR) is 121 cm³/mol. The first kappa shape index (κ1) is 20.4. The van der Waals surface area contributed by atoms with Crippen molar-refractivity contribution in [2.45, 2.75) is 51.5 Å². The summed E-state index contributed by atoms with van der Waals surface area (Å²) in [5.41, 5.74) is 1.86. The van der Waals surface area contributed by atoms with Gasteiger partial charge in [-0.2, -0.15) is 5.10 Å². The minimum atomic E-state index is -0.00841. The zero-order valence-corrected chi connectivity index (χ0v) is 18.3. The summed E-state index contributed by atoms with van der Waals surface area (Å²) in [7, 11) is 0. The maximum atomic E-state index is 12.6. The van der Waals surface area contributed by atoms with Crippen molar-refractivity contribution in [3.05, 3.63) is 45.9 Å². The molecule has 2 aromatic heterocycles. The van der Waals surface area contributed by atoms with E-state index in [-0.39, 0.29) is 5.91 Å². The van der Waals surface area contributed by atoms with E-state index < -0.39 is 0 Å². The number of fused-ring (bicyclic) bond motifs is 1.